The molecule has 0 bridgehead atoms. The molecule has 0 saturated heterocycles. The van der Waals surface area contributed by atoms with Gasteiger partial charge in [-0.05, 0) is 38.2 Å². The fraction of sp³-hybridized carbons (Fsp3) is 0.538. The molecule has 0 N–H and O–H groups in total. The number of aryl methyl sites for hydroxylation is 1. The van der Waals surface area contributed by atoms with Crippen LogP contribution in [0.3, 0.4) is 0 Å². The fourth-order valence-electron chi connectivity index (χ4n) is 2.06. The van der Waals surface area contributed by atoms with E-state index >= 15 is 0 Å². The third-order valence-electron chi connectivity index (χ3n) is 3.05. The SMILES string of the molecule is CCn1cc(C(=O)C2=CCCCCC2)cn1. The van der Waals surface area contributed by atoms with Crippen LogP contribution >= 0.6 is 0 Å². The third-order valence-corrected chi connectivity index (χ3v) is 3.05. The van der Waals surface area contributed by atoms with E-state index < -0.39 is 0 Å². The van der Waals surface area contributed by atoms with Crippen LogP contribution in [0.25, 0.3) is 0 Å². The van der Waals surface area contributed by atoms with Gasteiger partial charge in [0.15, 0.2) is 5.78 Å². The zero-order valence-corrected chi connectivity index (χ0v) is 9.78. The summed E-state index contributed by atoms with van der Waals surface area (Å²) >= 11 is 0. The monoisotopic (exact) mass is 218 g/mol. The zero-order chi connectivity index (χ0) is 11.4. The molecule has 0 saturated carbocycles. The summed E-state index contributed by atoms with van der Waals surface area (Å²) in [7, 11) is 0. The second kappa shape index (κ2) is 5.10. The molecule has 1 aromatic heterocycles. The van der Waals surface area contributed by atoms with Crippen molar-refractivity contribution in [2.24, 2.45) is 0 Å². The van der Waals surface area contributed by atoms with Crippen molar-refractivity contribution in [2.75, 3.05) is 0 Å². The maximum Gasteiger partial charge on any atom is 0.191 e. The van der Waals surface area contributed by atoms with Crippen LogP contribution in [0.2, 0.25) is 0 Å². The minimum atomic E-state index is 0.168. The summed E-state index contributed by atoms with van der Waals surface area (Å²) in [5.74, 6) is 0.168. The van der Waals surface area contributed by atoms with E-state index in [0.29, 0.717) is 0 Å². The molecule has 0 aliphatic heterocycles. The van der Waals surface area contributed by atoms with Gasteiger partial charge in [-0.15, -0.1) is 0 Å². The average molecular weight is 218 g/mol. The number of aromatic nitrogens is 2. The molecule has 0 unspecified atom stereocenters. The average Bonchev–Trinajstić information content (AvgIpc) is 2.62. The molecule has 16 heavy (non-hydrogen) atoms. The third kappa shape index (κ3) is 2.40. The number of carbonyl (C=O) groups is 1. The van der Waals surface area contributed by atoms with Crippen LogP contribution in [0.15, 0.2) is 24.0 Å². The first-order valence-corrected chi connectivity index (χ1v) is 6.07. The fourth-order valence-corrected chi connectivity index (χ4v) is 2.06. The van der Waals surface area contributed by atoms with Crippen molar-refractivity contribution in [3.05, 3.63) is 29.6 Å². The number of hydrogen-bond acceptors (Lipinski definition) is 2. The van der Waals surface area contributed by atoms with E-state index in [2.05, 4.69) is 11.2 Å². The number of hydrogen-bond donors (Lipinski definition) is 0. The first-order valence-electron chi connectivity index (χ1n) is 6.07. The van der Waals surface area contributed by atoms with Gasteiger partial charge >= 0.3 is 0 Å². The van der Waals surface area contributed by atoms with Crippen LogP contribution in [-0.2, 0) is 6.54 Å². The maximum atomic E-state index is 12.2. The summed E-state index contributed by atoms with van der Waals surface area (Å²) in [5, 5.41) is 4.14. The zero-order valence-electron chi connectivity index (χ0n) is 9.78. The second-order valence-electron chi connectivity index (χ2n) is 4.24. The Morgan fingerprint density at radius 2 is 2.31 bits per heavy atom. The molecule has 1 aliphatic rings. The smallest absolute Gasteiger partial charge is 0.191 e. The molecule has 2 rings (SSSR count). The Hall–Kier alpha value is -1.38. The van der Waals surface area contributed by atoms with Crippen LogP contribution in [0.4, 0.5) is 0 Å². The van der Waals surface area contributed by atoms with Crippen LogP contribution in [-0.4, -0.2) is 15.6 Å². The van der Waals surface area contributed by atoms with E-state index in [9.17, 15) is 4.79 Å². The standard InChI is InChI=1S/C13H18N2O/c1-2-15-10-12(9-14-15)13(16)11-7-5-3-4-6-8-11/h7,9-10H,2-6,8H2,1H3. The van der Waals surface area contributed by atoms with Crippen molar-refractivity contribution in [3.63, 3.8) is 0 Å². The van der Waals surface area contributed by atoms with Gasteiger partial charge in [-0.1, -0.05) is 12.5 Å². The summed E-state index contributed by atoms with van der Waals surface area (Å²) in [4.78, 5) is 12.2. The molecule has 0 spiro atoms. The van der Waals surface area contributed by atoms with Gasteiger partial charge in [0.1, 0.15) is 0 Å². The summed E-state index contributed by atoms with van der Waals surface area (Å²) < 4.78 is 1.80. The van der Waals surface area contributed by atoms with Gasteiger partial charge in [0.25, 0.3) is 0 Å². The molecule has 0 aromatic carbocycles. The van der Waals surface area contributed by atoms with Gasteiger partial charge in [0.2, 0.25) is 0 Å². The maximum absolute atomic E-state index is 12.2. The lowest BCUT2D eigenvalue weighted by Crippen LogP contribution is -2.02. The highest BCUT2D eigenvalue weighted by atomic mass is 16.1. The highest BCUT2D eigenvalue weighted by Gasteiger charge is 2.15. The van der Waals surface area contributed by atoms with Crippen molar-refractivity contribution in [1.82, 2.24) is 9.78 Å². The number of carbonyl (C=O) groups excluding carboxylic acids is 1. The Morgan fingerprint density at radius 1 is 1.44 bits per heavy atom. The molecular weight excluding hydrogens is 200 g/mol. The Kier molecular flexibility index (Phi) is 3.54. The van der Waals surface area contributed by atoms with Gasteiger partial charge in [0, 0.05) is 12.7 Å². The van der Waals surface area contributed by atoms with Crippen molar-refractivity contribution in [2.45, 2.75) is 45.6 Å². The van der Waals surface area contributed by atoms with Crippen LogP contribution in [0.5, 0.6) is 0 Å². The lowest BCUT2D eigenvalue weighted by molar-refractivity contribution is 0.103. The number of rotatable bonds is 3. The van der Waals surface area contributed by atoms with Gasteiger partial charge in [-0.25, -0.2) is 0 Å². The van der Waals surface area contributed by atoms with Crippen molar-refractivity contribution < 1.29 is 4.79 Å². The van der Waals surface area contributed by atoms with E-state index in [1.807, 2.05) is 13.1 Å². The minimum Gasteiger partial charge on any atom is -0.289 e. The van der Waals surface area contributed by atoms with Crippen molar-refractivity contribution in [3.8, 4) is 0 Å². The molecule has 1 aromatic rings. The molecule has 0 fully saturated rings. The van der Waals surface area contributed by atoms with Gasteiger partial charge < -0.3 is 0 Å². The Balaban J connectivity index is 2.14. The predicted molar refractivity (Wildman–Crippen MR) is 63.4 cm³/mol. The number of Topliss-reactive ketones (excluding diaryl/α,β-unsaturated/α-hetero) is 1. The topological polar surface area (TPSA) is 34.9 Å². The minimum absolute atomic E-state index is 0.168. The summed E-state index contributed by atoms with van der Waals surface area (Å²) in [6, 6.07) is 0. The lowest BCUT2D eigenvalue weighted by Gasteiger charge is -2.01. The molecule has 3 nitrogen and oxygen atoms in total. The van der Waals surface area contributed by atoms with Gasteiger partial charge in [-0.2, -0.15) is 5.10 Å². The molecule has 0 amide bonds. The van der Waals surface area contributed by atoms with Crippen molar-refractivity contribution >= 4 is 5.78 Å². The lowest BCUT2D eigenvalue weighted by atomic mass is 10.0. The van der Waals surface area contributed by atoms with E-state index in [1.165, 1.54) is 12.8 Å². The summed E-state index contributed by atoms with van der Waals surface area (Å²) in [5.41, 5.74) is 1.71. The highest BCUT2D eigenvalue weighted by Crippen LogP contribution is 2.20. The molecule has 86 valence electrons. The van der Waals surface area contributed by atoms with Crippen LogP contribution in [0, 0.1) is 0 Å². The molecule has 0 atom stereocenters. The normalized spacial score (nSPS) is 16.7. The molecule has 0 radical (unpaired) electrons. The Labute approximate surface area is 96.2 Å². The molecular formula is C13H18N2O. The molecule has 1 aliphatic carbocycles. The van der Waals surface area contributed by atoms with E-state index in [4.69, 9.17) is 0 Å². The predicted octanol–water partition coefficient (Wildman–Crippen LogP) is 2.98. The Bertz CT molecular complexity index is 404. The highest BCUT2D eigenvalue weighted by molar-refractivity contribution is 6.08. The summed E-state index contributed by atoms with van der Waals surface area (Å²) in [6.45, 7) is 2.83. The largest absolute Gasteiger partial charge is 0.289 e. The number of nitrogens with zero attached hydrogens (tertiary/aromatic N) is 2. The van der Waals surface area contributed by atoms with Crippen molar-refractivity contribution in [1.29, 1.82) is 0 Å². The van der Waals surface area contributed by atoms with Crippen LogP contribution in [0.1, 0.15) is 49.4 Å². The summed E-state index contributed by atoms with van der Waals surface area (Å²) in [6.07, 6.45) is 11.2. The Morgan fingerprint density at radius 3 is 3.06 bits per heavy atom. The van der Waals surface area contributed by atoms with Gasteiger partial charge in [-0.3, -0.25) is 9.48 Å². The first-order chi connectivity index (χ1) is 7.81. The quantitative estimate of drug-likeness (QED) is 0.731. The van der Waals surface area contributed by atoms with E-state index in [1.54, 1.807) is 10.9 Å². The number of ketones is 1. The second-order valence-corrected chi connectivity index (χ2v) is 4.24. The molecule has 1 heterocycles. The van der Waals surface area contributed by atoms with Crippen LogP contribution < -0.4 is 0 Å². The number of allylic oxidation sites excluding steroid dienone is 2. The van der Waals surface area contributed by atoms with Gasteiger partial charge in [0.05, 0.1) is 11.8 Å². The first kappa shape index (κ1) is 11.1. The van der Waals surface area contributed by atoms with E-state index in [0.717, 1.165) is 36.9 Å². The van der Waals surface area contributed by atoms with E-state index in [-0.39, 0.29) is 5.78 Å². The molecule has 3 heteroatoms.